The molecule has 4 rings (SSSR count). The summed E-state index contributed by atoms with van der Waals surface area (Å²) in [4.78, 5) is 15.3. The van der Waals surface area contributed by atoms with Gasteiger partial charge < -0.3 is 14.4 Å². The number of rotatable bonds is 7. The fraction of sp³-hybridized carbons (Fsp3) is 0.240. The van der Waals surface area contributed by atoms with E-state index in [-0.39, 0.29) is 23.4 Å². The lowest BCUT2D eigenvalue weighted by atomic mass is 10.1. The number of carbonyl (C=O) groups excluding carboxylic acids is 1. The van der Waals surface area contributed by atoms with Crippen LogP contribution in [0, 0.1) is 0 Å². The Morgan fingerprint density at radius 1 is 0.970 bits per heavy atom. The maximum absolute atomic E-state index is 13.7. The quantitative estimate of drug-likeness (QED) is 0.528. The molecule has 0 saturated carbocycles. The lowest BCUT2D eigenvalue weighted by molar-refractivity contribution is -0.117. The second-order valence-electron chi connectivity index (χ2n) is 7.80. The molecule has 1 amide bonds. The number of methoxy groups -OCH3 is 2. The third kappa shape index (κ3) is 4.26. The average molecular weight is 467 g/mol. The first-order chi connectivity index (χ1) is 15.9. The first-order valence-electron chi connectivity index (χ1n) is 10.6. The molecule has 0 fully saturated rings. The minimum absolute atomic E-state index is 0.0527. The number of para-hydroxylation sites is 3. The van der Waals surface area contributed by atoms with Crippen molar-refractivity contribution < 1.29 is 22.7 Å². The number of sulfonamides is 1. The standard InChI is InChI=1S/C25H26N2O5S/c1-18-16-19-8-4-5-9-22(19)27(18)25(28)17-26(23-10-6-7-11-24(23)32-3)33(29,30)21-14-12-20(31-2)13-15-21/h4-15,18H,16-17H2,1-3H3/t18-/m0/s1. The maximum atomic E-state index is 13.7. The lowest BCUT2D eigenvalue weighted by Crippen LogP contribution is -2.45. The number of ether oxygens (including phenoxy) is 2. The number of hydrogen-bond acceptors (Lipinski definition) is 5. The smallest absolute Gasteiger partial charge is 0.264 e. The fourth-order valence-electron chi connectivity index (χ4n) is 4.16. The van der Waals surface area contributed by atoms with Crippen molar-refractivity contribution in [3.63, 3.8) is 0 Å². The summed E-state index contributed by atoms with van der Waals surface area (Å²) in [6, 6.07) is 20.5. The van der Waals surface area contributed by atoms with Gasteiger partial charge in [-0.2, -0.15) is 0 Å². The highest BCUT2D eigenvalue weighted by molar-refractivity contribution is 7.92. The summed E-state index contributed by atoms with van der Waals surface area (Å²) in [5.74, 6) is 0.587. The maximum Gasteiger partial charge on any atom is 0.264 e. The molecule has 1 atom stereocenters. The summed E-state index contributed by atoms with van der Waals surface area (Å²) >= 11 is 0. The van der Waals surface area contributed by atoms with Gasteiger partial charge in [0.25, 0.3) is 10.0 Å². The van der Waals surface area contributed by atoms with E-state index in [1.807, 2.05) is 31.2 Å². The molecule has 1 aliphatic heterocycles. The molecule has 7 nitrogen and oxygen atoms in total. The normalized spacial score (nSPS) is 15.1. The van der Waals surface area contributed by atoms with Crippen LogP contribution in [0.25, 0.3) is 0 Å². The van der Waals surface area contributed by atoms with Gasteiger partial charge in [-0.05, 0) is 61.4 Å². The first-order valence-corrected chi connectivity index (χ1v) is 12.0. The Hall–Kier alpha value is -3.52. The molecule has 3 aromatic rings. The zero-order valence-electron chi connectivity index (χ0n) is 18.8. The Morgan fingerprint density at radius 2 is 1.64 bits per heavy atom. The summed E-state index contributed by atoms with van der Waals surface area (Å²) < 4.78 is 39.2. The SMILES string of the molecule is COc1ccc(S(=O)(=O)N(CC(=O)N2c3ccccc3C[C@@H]2C)c2ccccc2OC)cc1. The van der Waals surface area contributed by atoms with Crippen molar-refractivity contribution in [2.45, 2.75) is 24.3 Å². The molecule has 1 heterocycles. The van der Waals surface area contributed by atoms with E-state index in [4.69, 9.17) is 9.47 Å². The van der Waals surface area contributed by atoms with Crippen LogP contribution in [0.3, 0.4) is 0 Å². The molecule has 0 aromatic heterocycles. The number of carbonyl (C=O) groups is 1. The summed E-state index contributed by atoms with van der Waals surface area (Å²) in [6.45, 7) is 1.59. The van der Waals surface area contributed by atoms with Gasteiger partial charge in [0.05, 0.1) is 24.8 Å². The monoisotopic (exact) mass is 466 g/mol. The van der Waals surface area contributed by atoms with Crippen LogP contribution in [0.2, 0.25) is 0 Å². The van der Waals surface area contributed by atoms with Crippen molar-refractivity contribution in [3.8, 4) is 11.5 Å². The number of anilines is 2. The minimum Gasteiger partial charge on any atom is -0.497 e. The van der Waals surface area contributed by atoms with E-state index >= 15 is 0 Å². The first kappa shape index (κ1) is 22.7. The average Bonchev–Trinajstić information content (AvgIpc) is 3.18. The van der Waals surface area contributed by atoms with Crippen LogP contribution in [0.15, 0.2) is 77.7 Å². The van der Waals surface area contributed by atoms with Gasteiger partial charge in [0.15, 0.2) is 0 Å². The van der Waals surface area contributed by atoms with Gasteiger partial charge in [-0.25, -0.2) is 8.42 Å². The van der Waals surface area contributed by atoms with Gasteiger partial charge in [0, 0.05) is 11.7 Å². The predicted molar refractivity (Wildman–Crippen MR) is 128 cm³/mol. The Balaban J connectivity index is 1.76. The van der Waals surface area contributed by atoms with Crippen molar-refractivity contribution in [1.82, 2.24) is 0 Å². The third-order valence-corrected chi connectivity index (χ3v) is 7.53. The highest BCUT2D eigenvalue weighted by atomic mass is 32.2. The highest BCUT2D eigenvalue weighted by Gasteiger charge is 2.35. The van der Waals surface area contributed by atoms with E-state index < -0.39 is 10.0 Å². The number of fused-ring (bicyclic) bond motifs is 1. The zero-order valence-corrected chi connectivity index (χ0v) is 19.6. The lowest BCUT2D eigenvalue weighted by Gasteiger charge is -2.29. The molecule has 0 bridgehead atoms. The predicted octanol–water partition coefficient (Wildman–Crippen LogP) is 3.88. The molecule has 0 spiro atoms. The van der Waals surface area contributed by atoms with Crippen LogP contribution < -0.4 is 18.7 Å². The van der Waals surface area contributed by atoms with Gasteiger partial charge in [-0.3, -0.25) is 9.10 Å². The van der Waals surface area contributed by atoms with Crippen molar-refractivity contribution in [3.05, 3.63) is 78.4 Å². The zero-order chi connectivity index (χ0) is 23.6. The van der Waals surface area contributed by atoms with Crippen LogP contribution in [-0.2, 0) is 21.2 Å². The van der Waals surface area contributed by atoms with Crippen LogP contribution >= 0.6 is 0 Å². The van der Waals surface area contributed by atoms with Gasteiger partial charge in [-0.1, -0.05) is 30.3 Å². The van der Waals surface area contributed by atoms with E-state index in [1.54, 1.807) is 41.3 Å². The second kappa shape index (κ2) is 9.15. The van der Waals surface area contributed by atoms with E-state index in [9.17, 15) is 13.2 Å². The number of amides is 1. The molecule has 0 N–H and O–H groups in total. The molecule has 0 saturated heterocycles. The van der Waals surface area contributed by atoms with E-state index in [2.05, 4.69) is 0 Å². The van der Waals surface area contributed by atoms with Crippen molar-refractivity contribution in [2.24, 2.45) is 0 Å². The molecule has 0 unspecified atom stereocenters. The van der Waals surface area contributed by atoms with Gasteiger partial charge in [0.2, 0.25) is 5.91 Å². The summed E-state index contributed by atoms with van der Waals surface area (Å²) in [6.07, 6.45) is 0.724. The number of benzene rings is 3. The number of nitrogens with zero attached hydrogens (tertiary/aromatic N) is 2. The van der Waals surface area contributed by atoms with E-state index in [1.165, 1.54) is 26.4 Å². The van der Waals surface area contributed by atoms with Crippen molar-refractivity contribution in [2.75, 3.05) is 30.0 Å². The Bertz CT molecular complexity index is 1260. The Kier molecular flexibility index (Phi) is 6.29. The molecule has 33 heavy (non-hydrogen) atoms. The van der Waals surface area contributed by atoms with Crippen LogP contribution in [0.1, 0.15) is 12.5 Å². The molecular weight excluding hydrogens is 440 g/mol. The molecule has 0 aliphatic carbocycles. The minimum atomic E-state index is -4.08. The van der Waals surface area contributed by atoms with E-state index in [0.717, 1.165) is 22.0 Å². The Morgan fingerprint density at radius 3 is 2.33 bits per heavy atom. The fourth-order valence-corrected chi connectivity index (χ4v) is 5.58. The molecule has 172 valence electrons. The van der Waals surface area contributed by atoms with Gasteiger partial charge in [-0.15, -0.1) is 0 Å². The topological polar surface area (TPSA) is 76.2 Å². The molecule has 3 aromatic carbocycles. The van der Waals surface area contributed by atoms with E-state index in [0.29, 0.717) is 17.2 Å². The van der Waals surface area contributed by atoms with Gasteiger partial charge >= 0.3 is 0 Å². The second-order valence-corrected chi connectivity index (χ2v) is 9.67. The molecule has 1 aliphatic rings. The van der Waals surface area contributed by atoms with Crippen LogP contribution in [-0.4, -0.2) is 41.1 Å². The van der Waals surface area contributed by atoms with Crippen LogP contribution in [0.5, 0.6) is 11.5 Å². The van der Waals surface area contributed by atoms with Crippen LogP contribution in [0.4, 0.5) is 11.4 Å². The molecular formula is C25H26N2O5S. The third-order valence-electron chi connectivity index (χ3n) is 5.76. The summed E-state index contributed by atoms with van der Waals surface area (Å²) in [5.41, 5.74) is 2.18. The molecule has 8 heteroatoms. The van der Waals surface area contributed by atoms with Crippen molar-refractivity contribution >= 4 is 27.3 Å². The summed E-state index contributed by atoms with van der Waals surface area (Å²) in [5, 5.41) is 0. The molecule has 0 radical (unpaired) electrons. The Labute approximate surface area is 194 Å². The highest BCUT2D eigenvalue weighted by Crippen LogP contribution is 2.35. The van der Waals surface area contributed by atoms with Crippen molar-refractivity contribution in [1.29, 1.82) is 0 Å². The van der Waals surface area contributed by atoms with Gasteiger partial charge in [0.1, 0.15) is 18.0 Å². The number of hydrogen-bond donors (Lipinski definition) is 0. The largest absolute Gasteiger partial charge is 0.497 e. The summed E-state index contributed by atoms with van der Waals surface area (Å²) in [7, 11) is -1.10.